The van der Waals surface area contributed by atoms with E-state index in [1.54, 1.807) is 0 Å². The number of benzene rings is 3. The molecular weight excluding hydrogens is 482 g/mol. The lowest BCUT2D eigenvalue weighted by Crippen LogP contribution is -2.19. The van der Waals surface area contributed by atoms with Crippen LogP contribution in [0.25, 0.3) is 33.7 Å². The molecule has 6 rings (SSSR count). The molecule has 38 heavy (non-hydrogen) atoms. The van der Waals surface area contributed by atoms with E-state index in [0.29, 0.717) is 41.3 Å². The van der Waals surface area contributed by atoms with E-state index in [9.17, 15) is 14.7 Å². The van der Waals surface area contributed by atoms with Gasteiger partial charge in [-0.3, -0.25) is 10.1 Å². The summed E-state index contributed by atoms with van der Waals surface area (Å²) >= 11 is 0. The maximum Gasteiger partial charge on any atom is 0.412 e. The van der Waals surface area contributed by atoms with Crippen LogP contribution >= 0.6 is 0 Å². The van der Waals surface area contributed by atoms with Gasteiger partial charge in [0.2, 0.25) is 5.71 Å². The van der Waals surface area contributed by atoms with Gasteiger partial charge in [-0.25, -0.2) is 4.79 Å². The number of aromatic amines is 1. The molecule has 3 N–H and O–H groups in total. The number of rotatable bonds is 7. The second kappa shape index (κ2) is 9.23. The lowest BCUT2D eigenvalue weighted by Gasteiger charge is -2.11. The van der Waals surface area contributed by atoms with Gasteiger partial charge in [0.05, 0.1) is 5.41 Å². The second-order valence-corrected chi connectivity index (χ2v) is 9.54. The number of aliphatic carboxylic acids is 1. The fourth-order valence-corrected chi connectivity index (χ4v) is 4.71. The summed E-state index contributed by atoms with van der Waals surface area (Å²) in [6.07, 6.45) is 0.757. The maximum atomic E-state index is 12.7. The van der Waals surface area contributed by atoms with E-state index in [0.717, 1.165) is 27.8 Å². The number of nitrogens with zero attached hydrogens (tertiary/aromatic N) is 1. The van der Waals surface area contributed by atoms with Gasteiger partial charge in [0, 0.05) is 5.56 Å². The van der Waals surface area contributed by atoms with E-state index in [4.69, 9.17) is 9.15 Å². The van der Waals surface area contributed by atoms with Crippen molar-refractivity contribution in [3.8, 4) is 22.5 Å². The number of carboxylic acid groups (broad SMARTS) is 1. The Balaban J connectivity index is 1.24. The van der Waals surface area contributed by atoms with Crippen LogP contribution in [0.3, 0.4) is 0 Å². The van der Waals surface area contributed by atoms with Crippen molar-refractivity contribution in [2.45, 2.75) is 31.8 Å². The zero-order valence-corrected chi connectivity index (χ0v) is 20.7. The van der Waals surface area contributed by atoms with Crippen LogP contribution in [0.15, 0.2) is 83.3 Å². The monoisotopic (exact) mass is 507 g/mol. The number of aryl methyl sites for hydroxylation is 1. The van der Waals surface area contributed by atoms with Crippen LogP contribution in [-0.4, -0.2) is 27.1 Å². The number of imidazole rings is 1. The summed E-state index contributed by atoms with van der Waals surface area (Å²) < 4.78 is 11.4. The number of H-pyrrole nitrogens is 1. The number of amides is 1. The molecule has 0 aliphatic heterocycles. The Morgan fingerprint density at radius 1 is 0.974 bits per heavy atom. The minimum Gasteiger partial charge on any atom is -0.481 e. The Bertz CT molecular complexity index is 1630. The van der Waals surface area contributed by atoms with E-state index in [1.165, 1.54) is 0 Å². The number of furan rings is 1. The third-order valence-electron chi connectivity index (χ3n) is 6.98. The molecule has 1 saturated carbocycles. The van der Waals surface area contributed by atoms with Gasteiger partial charge in [0.15, 0.2) is 5.76 Å². The molecule has 1 aliphatic rings. The summed E-state index contributed by atoms with van der Waals surface area (Å²) in [6.45, 7) is 1.96. The first-order chi connectivity index (χ1) is 18.4. The highest BCUT2D eigenvalue weighted by atomic mass is 16.5. The molecule has 0 bridgehead atoms. The summed E-state index contributed by atoms with van der Waals surface area (Å²) in [5.74, 6) is 0.373. The predicted octanol–water partition coefficient (Wildman–Crippen LogP) is 6.66. The smallest absolute Gasteiger partial charge is 0.412 e. The van der Waals surface area contributed by atoms with Gasteiger partial charge in [0.25, 0.3) is 0 Å². The highest BCUT2D eigenvalue weighted by Crippen LogP contribution is 2.48. The molecule has 8 nitrogen and oxygen atoms in total. The molecular formula is C30H25N3O5. The molecule has 0 radical (unpaired) electrons. The van der Waals surface area contributed by atoms with Crippen LogP contribution in [0.1, 0.15) is 29.8 Å². The summed E-state index contributed by atoms with van der Waals surface area (Å²) in [4.78, 5) is 31.8. The number of fused-ring (bicyclic) bond motifs is 1. The van der Waals surface area contributed by atoms with Gasteiger partial charge in [-0.05, 0) is 42.0 Å². The number of ether oxygens (including phenoxy) is 1. The van der Waals surface area contributed by atoms with Crippen molar-refractivity contribution in [1.29, 1.82) is 0 Å². The minimum atomic E-state index is -0.762. The molecule has 2 heterocycles. The first-order valence-corrected chi connectivity index (χ1v) is 12.3. The van der Waals surface area contributed by atoms with Gasteiger partial charge in [-0.15, -0.1) is 0 Å². The van der Waals surface area contributed by atoms with E-state index >= 15 is 0 Å². The van der Waals surface area contributed by atoms with Crippen LogP contribution in [-0.2, 0) is 21.6 Å². The summed E-state index contributed by atoms with van der Waals surface area (Å²) in [5.41, 5.74) is 5.16. The van der Waals surface area contributed by atoms with Gasteiger partial charge >= 0.3 is 12.1 Å². The van der Waals surface area contributed by atoms with E-state index in [1.807, 2.05) is 85.8 Å². The third-order valence-corrected chi connectivity index (χ3v) is 6.98. The van der Waals surface area contributed by atoms with E-state index < -0.39 is 17.5 Å². The van der Waals surface area contributed by atoms with Crippen molar-refractivity contribution in [3.63, 3.8) is 0 Å². The van der Waals surface area contributed by atoms with Crippen LogP contribution in [0.4, 0.5) is 10.5 Å². The van der Waals surface area contributed by atoms with Gasteiger partial charge in [-0.1, -0.05) is 78.9 Å². The number of aromatic nitrogens is 2. The first-order valence-electron chi connectivity index (χ1n) is 12.3. The molecule has 1 amide bonds. The largest absolute Gasteiger partial charge is 0.481 e. The van der Waals surface area contributed by atoms with Crippen LogP contribution in [0.5, 0.6) is 0 Å². The first kappa shape index (κ1) is 23.5. The number of hydrogen-bond donors (Lipinski definition) is 3. The van der Waals surface area contributed by atoms with Crippen molar-refractivity contribution in [2.75, 3.05) is 5.32 Å². The maximum absolute atomic E-state index is 12.7. The second-order valence-electron chi connectivity index (χ2n) is 9.54. The topological polar surface area (TPSA) is 117 Å². The SMILES string of the molecule is Cc1nc2oc(-c3ccc(-c4ccc(C5(C(=O)O)CC5)cc4)cc3)c(NC(=O)OCc3ccccc3)c2[nH]1. The molecule has 3 aromatic carbocycles. The Kier molecular flexibility index (Phi) is 5.72. The predicted molar refractivity (Wildman–Crippen MR) is 143 cm³/mol. The number of anilines is 1. The quantitative estimate of drug-likeness (QED) is 0.227. The summed E-state index contributed by atoms with van der Waals surface area (Å²) in [5, 5.41) is 12.4. The molecule has 5 aromatic rings. The Morgan fingerprint density at radius 2 is 1.61 bits per heavy atom. The van der Waals surface area contributed by atoms with Gasteiger partial charge in [0.1, 0.15) is 23.6 Å². The van der Waals surface area contributed by atoms with Gasteiger partial charge < -0.3 is 19.2 Å². The average molecular weight is 508 g/mol. The Hall–Kier alpha value is -4.85. The molecule has 8 heteroatoms. The molecule has 0 unspecified atom stereocenters. The molecule has 1 aliphatic carbocycles. The zero-order valence-electron chi connectivity index (χ0n) is 20.7. The lowest BCUT2D eigenvalue weighted by molar-refractivity contribution is -0.140. The Morgan fingerprint density at radius 3 is 2.24 bits per heavy atom. The number of carbonyl (C=O) groups is 2. The number of hydrogen-bond acceptors (Lipinski definition) is 5. The standard InChI is InChI=1S/C30H25N3O5/c1-18-31-25-24(33-29(36)37-17-19-5-3-2-4-6-19)26(38-27(25)32-18)22-9-7-20(8-10-22)21-11-13-23(14-12-21)30(15-16-30)28(34)35/h2-14H,15-17H2,1H3,(H,31,32)(H,33,36)(H,34,35). The minimum absolute atomic E-state index is 0.145. The van der Waals surface area contributed by atoms with Crippen molar-refractivity contribution < 1.29 is 23.8 Å². The van der Waals surface area contributed by atoms with Crippen molar-refractivity contribution in [2.24, 2.45) is 0 Å². The normalized spacial score (nSPS) is 13.8. The summed E-state index contributed by atoms with van der Waals surface area (Å²) in [6, 6.07) is 24.9. The molecule has 2 aromatic heterocycles. The fourth-order valence-electron chi connectivity index (χ4n) is 4.71. The molecule has 190 valence electrons. The fraction of sp³-hybridized carbons (Fsp3) is 0.167. The Labute approximate surface area is 218 Å². The highest BCUT2D eigenvalue weighted by molar-refractivity contribution is 6.02. The van der Waals surface area contributed by atoms with Crippen LogP contribution < -0.4 is 5.32 Å². The highest BCUT2D eigenvalue weighted by Gasteiger charge is 2.51. The molecule has 0 atom stereocenters. The molecule has 0 spiro atoms. The van der Waals surface area contributed by atoms with E-state index in [-0.39, 0.29) is 6.61 Å². The summed E-state index contributed by atoms with van der Waals surface area (Å²) in [7, 11) is 0. The van der Waals surface area contributed by atoms with Crippen molar-refractivity contribution in [3.05, 3.63) is 95.8 Å². The molecule has 0 saturated heterocycles. The number of carbonyl (C=O) groups excluding carboxylic acids is 1. The van der Waals surface area contributed by atoms with Crippen LogP contribution in [0, 0.1) is 6.92 Å². The van der Waals surface area contributed by atoms with E-state index in [2.05, 4.69) is 15.3 Å². The van der Waals surface area contributed by atoms with Crippen LogP contribution in [0.2, 0.25) is 0 Å². The average Bonchev–Trinajstić information content (AvgIpc) is 3.59. The number of carboxylic acids is 1. The third kappa shape index (κ3) is 4.30. The van der Waals surface area contributed by atoms with Gasteiger partial charge in [-0.2, -0.15) is 4.98 Å². The number of nitrogens with one attached hydrogen (secondary N) is 2. The zero-order chi connectivity index (χ0) is 26.3. The van der Waals surface area contributed by atoms with Crippen molar-refractivity contribution >= 4 is 29.0 Å². The molecule has 1 fully saturated rings. The lowest BCUT2D eigenvalue weighted by atomic mass is 9.93. The van der Waals surface area contributed by atoms with Crippen molar-refractivity contribution in [1.82, 2.24) is 9.97 Å².